The smallest absolute Gasteiger partial charge is 0.480 e. The molecule has 22 heteroatoms. The molecule has 0 aromatic heterocycles. The maximum Gasteiger partial charge on any atom is 0.514 e. The Labute approximate surface area is 433 Å². The standard InChI is InChI=1S/C52H76N6O16/c1-30-41(60)56-36(44(63)64)28-31-21-23-37(69-47(67)73-51(8,9)10)33(27-31)34-29-32(22-24-38(34)70-48(68)74-52(11,12)13)40(42(61)54-30)58(15)43(62)35(19-16-17-25-53-45(65)71-49(2,3)4)55-39(59)20-18-26-57(14)46(66)72-50(5,6)7/h21-24,27,29-30,35-36,40H,16-20,25-26,28H2,1-15H3,(H,53,65)(H,54,61)(H,55,59)(H,56,60)(H,63,64)/t30-,35-,36-,40-/m0/s1. The van der Waals surface area contributed by atoms with Crippen LogP contribution in [-0.2, 0) is 49.3 Å². The van der Waals surface area contributed by atoms with Gasteiger partial charge in [0.15, 0.2) is 0 Å². The quantitative estimate of drug-likeness (QED) is 0.0523. The van der Waals surface area contributed by atoms with Crippen molar-refractivity contribution in [2.45, 2.75) is 175 Å². The summed E-state index contributed by atoms with van der Waals surface area (Å²) in [4.78, 5) is 123. The molecule has 1 aliphatic heterocycles. The Kier molecular flexibility index (Phi) is 21.2. The van der Waals surface area contributed by atoms with Crippen LogP contribution in [0.3, 0.4) is 0 Å². The van der Waals surface area contributed by atoms with Crippen LogP contribution < -0.4 is 30.7 Å². The molecule has 0 spiro atoms. The van der Waals surface area contributed by atoms with E-state index in [9.17, 15) is 48.3 Å². The third-order valence-corrected chi connectivity index (χ3v) is 10.4. The molecule has 3 rings (SSSR count). The summed E-state index contributed by atoms with van der Waals surface area (Å²) in [6.45, 7) is 21.7. The van der Waals surface area contributed by atoms with E-state index >= 15 is 0 Å². The molecule has 0 aliphatic carbocycles. The van der Waals surface area contributed by atoms with Gasteiger partial charge in [-0.25, -0.2) is 24.0 Å². The van der Waals surface area contributed by atoms with Crippen molar-refractivity contribution in [2.24, 2.45) is 0 Å². The number of aliphatic carboxylic acids is 1. The number of hydrogen-bond donors (Lipinski definition) is 5. The van der Waals surface area contributed by atoms with E-state index in [4.69, 9.17) is 28.4 Å². The van der Waals surface area contributed by atoms with Gasteiger partial charge in [0, 0.05) is 51.2 Å². The Morgan fingerprint density at radius 1 is 0.703 bits per heavy atom. The van der Waals surface area contributed by atoms with E-state index in [-0.39, 0.29) is 73.4 Å². The number of ether oxygens (including phenoxy) is 6. The first-order valence-electron chi connectivity index (χ1n) is 24.4. The molecule has 1 aliphatic rings. The van der Waals surface area contributed by atoms with Gasteiger partial charge in [-0.15, -0.1) is 0 Å². The van der Waals surface area contributed by atoms with Gasteiger partial charge < -0.3 is 64.6 Å². The number of alkyl carbamates (subject to hydrolysis) is 1. The van der Waals surface area contributed by atoms with E-state index in [0.717, 1.165) is 4.90 Å². The molecule has 5 N–H and O–H groups in total. The van der Waals surface area contributed by atoms with Crippen molar-refractivity contribution >= 4 is 54.1 Å². The highest BCUT2D eigenvalue weighted by Crippen LogP contribution is 2.41. The lowest BCUT2D eigenvalue weighted by Gasteiger charge is -2.32. The number of amides is 6. The molecule has 0 saturated heterocycles. The Bertz CT molecular complexity index is 2380. The van der Waals surface area contributed by atoms with Crippen molar-refractivity contribution in [1.82, 2.24) is 31.1 Å². The number of carboxylic acid groups (broad SMARTS) is 1. The highest BCUT2D eigenvalue weighted by atomic mass is 16.7. The number of benzene rings is 2. The maximum atomic E-state index is 14.9. The van der Waals surface area contributed by atoms with Crippen LogP contribution in [-0.4, -0.2) is 137 Å². The van der Waals surface area contributed by atoms with Gasteiger partial charge in [0.2, 0.25) is 23.6 Å². The molecule has 74 heavy (non-hydrogen) atoms. The lowest BCUT2D eigenvalue weighted by atomic mass is 9.93. The molecule has 0 radical (unpaired) electrons. The zero-order chi connectivity index (χ0) is 56.1. The van der Waals surface area contributed by atoms with Gasteiger partial charge in [-0.05, 0) is 151 Å². The fraction of sp³-hybridized carbons (Fsp3) is 0.596. The number of nitrogens with zero attached hydrogens (tertiary/aromatic N) is 2. The lowest BCUT2D eigenvalue weighted by molar-refractivity contribution is -0.144. The highest BCUT2D eigenvalue weighted by molar-refractivity contribution is 5.96. The highest BCUT2D eigenvalue weighted by Gasteiger charge is 2.37. The molecule has 4 atom stereocenters. The number of fused-ring (bicyclic) bond motifs is 5. The Hall–Kier alpha value is -7.13. The number of carbonyl (C=O) groups excluding carboxylic acids is 8. The summed E-state index contributed by atoms with van der Waals surface area (Å²) in [5, 5.41) is 20.7. The van der Waals surface area contributed by atoms with Crippen molar-refractivity contribution in [3.63, 3.8) is 0 Å². The summed E-state index contributed by atoms with van der Waals surface area (Å²) >= 11 is 0. The normalized spacial score (nSPS) is 16.6. The van der Waals surface area contributed by atoms with Gasteiger partial charge >= 0.3 is 30.5 Å². The fourth-order valence-corrected chi connectivity index (χ4v) is 7.17. The SMILES string of the molecule is C[C@@H]1NC(=O)[C@@H](N(C)C(=O)[C@H](CCCCNC(=O)OC(C)(C)C)NC(=O)CCCN(C)C(=O)OC(C)(C)C)c2ccc(OC(=O)OC(C)(C)C)c(c2)-c2cc(ccc2OC(=O)OC(C)(C)C)C[C@@H](C(=O)O)NC1=O. The molecule has 22 nitrogen and oxygen atoms in total. The molecule has 2 aromatic rings. The third-order valence-electron chi connectivity index (χ3n) is 10.4. The van der Waals surface area contributed by atoms with E-state index in [1.807, 2.05) is 0 Å². The van der Waals surface area contributed by atoms with E-state index < -0.39 is 101 Å². The number of hydrogen-bond acceptors (Lipinski definition) is 15. The molecule has 2 aromatic carbocycles. The van der Waals surface area contributed by atoms with Crippen molar-refractivity contribution in [3.05, 3.63) is 47.5 Å². The van der Waals surface area contributed by atoms with Crippen LogP contribution in [0.25, 0.3) is 11.1 Å². The van der Waals surface area contributed by atoms with Crippen LogP contribution in [0.5, 0.6) is 11.5 Å². The third kappa shape index (κ3) is 20.8. The average molecular weight is 1040 g/mol. The molecule has 0 saturated carbocycles. The van der Waals surface area contributed by atoms with Gasteiger partial charge in [0.25, 0.3) is 0 Å². The summed E-state index contributed by atoms with van der Waals surface area (Å²) < 4.78 is 33.1. The van der Waals surface area contributed by atoms with Crippen LogP contribution in [0.4, 0.5) is 19.2 Å². The minimum Gasteiger partial charge on any atom is -0.480 e. The maximum absolute atomic E-state index is 14.9. The van der Waals surface area contributed by atoms with Crippen LogP contribution >= 0.6 is 0 Å². The Morgan fingerprint density at radius 2 is 1.24 bits per heavy atom. The predicted molar refractivity (Wildman–Crippen MR) is 270 cm³/mol. The van der Waals surface area contributed by atoms with E-state index in [1.165, 1.54) is 62.3 Å². The predicted octanol–water partition coefficient (Wildman–Crippen LogP) is 6.94. The van der Waals surface area contributed by atoms with Crippen LogP contribution in [0.2, 0.25) is 0 Å². The molecular formula is C52H76N6O16. The van der Waals surface area contributed by atoms with Gasteiger partial charge in [0.05, 0.1) is 0 Å². The summed E-state index contributed by atoms with van der Waals surface area (Å²) in [6, 6.07) is 2.59. The van der Waals surface area contributed by atoms with Crippen LogP contribution in [0, 0.1) is 0 Å². The van der Waals surface area contributed by atoms with Crippen LogP contribution in [0.15, 0.2) is 36.4 Å². The number of rotatable bonds is 15. The van der Waals surface area contributed by atoms with Gasteiger partial charge in [-0.1, -0.05) is 12.1 Å². The van der Waals surface area contributed by atoms with Crippen molar-refractivity contribution < 1.29 is 76.7 Å². The lowest BCUT2D eigenvalue weighted by Crippen LogP contribution is -2.54. The number of carbonyl (C=O) groups is 9. The van der Waals surface area contributed by atoms with E-state index in [2.05, 4.69) is 21.3 Å². The van der Waals surface area contributed by atoms with Crippen molar-refractivity contribution in [1.29, 1.82) is 0 Å². The summed E-state index contributed by atoms with van der Waals surface area (Å²) in [6.07, 6.45) is -3.09. The van der Waals surface area contributed by atoms with Gasteiger partial charge in [-0.2, -0.15) is 0 Å². The molecule has 0 unspecified atom stereocenters. The summed E-state index contributed by atoms with van der Waals surface area (Å²) in [5.74, 6) is -4.85. The Balaban J connectivity index is 2.23. The van der Waals surface area contributed by atoms with Gasteiger partial charge in [0.1, 0.15) is 58.1 Å². The largest absolute Gasteiger partial charge is 0.514 e. The molecule has 0 fully saturated rings. The summed E-state index contributed by atoms with van der Waals surface area (Å²) in [7, 11) is 2.83. The number of carboxylic acids is 1. The zero-order valence-electron chi connectivity index (χ0n) is 45.4. The average Bonchev–Trinajstić information content (AvgIpc) is 3.23. The Morgan fingerprint density at radius 3 is 1.78 bits per heavy atom. The van der Waals surface area contributed by atoms with E-state index in [0.29, 0.717) is 12.0 Å². The zero-order valence-corrected chi connectivity index (χ0v) is 45.4. The number of unbranched alkanes of at least 4 members (excludes halogenated alkanes) is 1. The first-order valence-corrected chi connectivity index (χ1v) is 24.4. The fourth-order valence-electron chi connectivity index (χ4n) is 7.17. The van der Waals surface area contributed by atoms with Crippen molar-refractivity contribution in [2.75, 3.05) is 27.2 Å². The first kappa shape index (κ1) is 61.2. The van der Waals surface area contributed by atoms with Crippen molar-refractivity contribution in [3.8, 4) is 22.6 Å². The van der Waals surface area contributed by atoms with Crippen LogP contribution in [0.1, 0.15) is 139 Å². The second-order valence-electron chi connectivity index (χ2n) is 22.0. The molecule has 410 valence electrons. The molecular weight excluding hydrogens is 965 g/mol. The summed E-state index contributed by atoms with van der Waals surface area (Å²) in [5.41, 5.74) is -3.07. The monoisotopic (exact) mass is 1040 g/mol. The molecule has 1 heterocycles. The minimum atomic E-state index is -1.63. The second kappa shape index (κ2) is 25.7. The number of nitrogens with one attached hydrogen (secondary N) is 4. The molecule has 6 amide bonds. The number of likely N-dealkylation sites (N-methyl/N-ethyl adjacent to an activating group) is 1. The molecule has 4 bridgehead atoms. The topological polar surface area (TPSA) is 284 Å². The first-order chi connectivity index (χ1) is 34.0. The van der Waals surface area contributed by atoms with Gasteiger partial charge in [-0.3, -0.25) is 19.2 Å². The second-order valence-corrected chi connectivity index (χ2v) is 22.0. The minimum absolute atomic E-state index is 0.00660. The van der Waals surface area contributed by atoms with E-state index in [1.54, 1.807) is 83.1 Å².